The molecule has 4 atom stereocenters. The van der Waals surface area contributed by atoms with E-state index in [9.17, 15) is 34.2 Å². The number of ether oxygens (including phenoxy) is 2. The van der Waals surface area contributed by atoms with Gasteiger partial charge in [-0.15, -0.1) is 0 Å². The number of carbonyl (C=O) groups excluding carboxylic acids is 4. The van der Waals surface area contributed by atoms with Crippen LogP contribution in [0.15, 0.2) is 11.1 Å². The zero-order valence-corrected chi connectivity index (χ0v) is 17.5. The summed E-state index contributed by atoms with van der Waals surface area (Å²) in [6, 6.07) is 0. The number of Topliss-reactive ketones (excluding diaryl/α,β-unsaturated/α-hetero) is 3. The number of nitrogens with two attached hydrogens (primary N) is 1. The SMILES string of the molecule is CC(=O)O[C@]1(C(C)=O)[C@@](O)(C(C)=O)[C@@H](CO)O[C@@]1(C(C)=O)n1cnc2c(=O)[nH]c(N)nc21. The molecule has 2 aromatic rings. The minimum atomic E-state index is -3.02. The second-order valence-corrected chi connectivity index (χ2v) is 7.38. The first kappa shape index (κ1) is 23.2. The molecule has 0 aliphatic carbocycles. The van der Waals surface area contributed by atoms with E-state index in [0.717, 1.165) is 38.6 Å². The van der Waals surface area contributed by atoms with Gasteiger partial charge < -0.3 is 25.4 Å². The van der Waals surface area contributed by atoms with E-state index in [2.05, 4.69) is 15.0 Å². The van der Waals surface area contributed by atoms with E-state index in [-0.39, 0.29) is 17.1 Å². The summed E-state index contributed by atoms with van der Waals surface area (Å²) in [5.41, 5.74) is -4.72. The van der Waals surface area contributed by atoms with Crippen molar-refractivity contribution in [2.24, 2.45) is 0 Å². The van der Waals surface area contributed by atoms with Gasteiger partial charge in [-0.3, -0.25) is 33.5 Å². The number of ketones is 3. The summed E-state index contributed by atoms with van der Waals surface area (Å²) in [6.45, 7) is 2.51. The number of carbonyl (C=O) groups is 4. The molecule has 0 spiro atoms. The summed E-state index contributed by atoms with van der Waals surface area (Å²) in [6.07, 6.45) is -1.01. The van der Waals surface area contributed by atoms with Crippen LogP contribution < -0.4 is 11.3 Å². The van der Waals surface area contributed by atoms with Gasteiger partial charge in [0.05, 0.1) is 6.61 Å². The summed E-state index contributed by atoms with van der Waals surface area (Å²) in [5.74, 6) is -4.86. The first-order valence-electron chi connectivity index (χ1n) is 9.28. The zero-order valence-electron chi connectivity index (χ0n) is 17.5. The molecule has 1 aliphatic heterocycles. The molecule has 0 amide bonds. The maximum Gasteiger partial charge on any atom is 0.303 e. The van der Waals surface area contributed by atoms with Gasteiger partial charge in [0, 0.05) is 6.92 Å². The summed E-state index contributed by atoms with van der Waals surface area (Å²) >= 11 is 0. The maximum absolute atomic E-state index is 13.2. The number of nitrogen functional groups attached to an aromatic ring is 1. The Balaban J connectivity index is 2.60. The highest BCUT2D eigenvalue weighted by molar-refractivity contribution is 6.06. The average Bonchev–Trinajstić information content (AvgIpc) is 3.19. The van der Waals surface area contributed by atoms with Crippen molar-refractivity contribution in [3.05, 3.63) is 16.7 Å². The molecule has 0 bridgehead atoms. The third kappa shape index (κ3) is 2.60. The van der Waals surface area contributed by atoms with E-state index in [4.69, 9.17) is 15.2 Å². The molecule has 3 heterocycles. The molecule has 14 nitrogen and oxygen atoms in total. The van der Waals surface area contributed by atoms with Crippen LogP contribution in [-0.4, -0.2) is 77.0 Å². The number of aromatic amines is 1. The van der Waals surface area contributed by atoms with Crippen LogP contribution in [0.1, 0.15) is 27.7 Å². The van der Waals surface area contributed by atoms with Crippen molar-refractivity contribution >= 4 is 40.4 Å². The fourth-order valence-corrected chi connectivity index (χ4v) is 4.33. The molecule has 0 saturated carbocycles. The number of esters is 1. The molecular formula is C18H21N5O9. The number of nitrogens with zero attached hydrogens (tertiary/aromatic N) is 3. The first-order chi connectivity index (χ1) is 14.8. The normalized spacial score (nSPS) is 29.8. The Morgan fingerprint density at radius 1 is 1.22 bits per heavy atom. The number of fused-ring (bicyclic) bond motifs is 1. The molecule has 1 aliphatic rings. The van der Waals surface area contributed by atoms with Crippen molar-refractivity contribution in [1.82, 2.24) is 19.5 Å². The number of imidazole rings is 1. The van der Waals surface area contributed by atoms with Crippen molar-refractivity contribution in [2.75, 3.05) is 12.3 Å². The fraction of sp³-hybridized carbons (Fsp3) is 0.500. The predicted molar refractivity (Wildman–Crippen MR) is 104 cm³/mol. The van der Waals surface area contributed by atoms with Gasteiger partial charge in [0.15, 0.2) is 28.5 Å². The van der Waals surface area contributed by atoms with Crippen molar-refractivity contribution in [3.63, 3.8) is 0 Å². The highest BCUT2D eigenvalue weighted by atomic mass is 16.6. The lowest BCUT2D eigenvalue weighted by atomic mass is 9.69. The Morgan fingerprint density at radius 3 is 2.31 bits per heavy atom. The number of nitrogens with one attached hydrogen (secondary N) is 1. The highest BCUT2D eigenvalue weighted by Gasteiger charge is 2.83. The summed E-state index contributed by atoms with van der Waals surface area (Å²) in [5, 5.41) is 21.4. The number of aliphatic hydroxyl groups is 2. The Labute approximate surface area is 179 Å². The molecule has 2 aromatic heterocycles. The molecule has 0 unspecified atom stereocenters. The van der Waals surface area contributed by atoms with Gasteiger partial charge in [-0.2, -0.15) is 4.98 Å². The second kappa shape index (κ2) is 7.29. The van der Waals surface area contributed by atoms with Crippen molar-refractivity contribution in [2.45, 2.75) is 50.7 Å². The predicted octanol–water partition coefficient (Wildman–Crippen LogP) is -2.45. The minimum absolute atomic E-state index is 0.331. The second-order valence-electron chi connectivity index (χ2n) is 7.38. The van der Waals surface area contributed by atoms with Crippen LogP contribution in [0.5, 0.6) is 0 Å². The maximum atomic E-state index is 13.2. The average molecular weight is 451 g/mol. The van der Waals surface area contributed by atoms with E-state index < -0.39 is 58.5 Å². The smallest absolute Gasteiger partial charge is 0.303 e. The molecule has 14 heteroatoms. The van der Waals surface area contributed by atoms with E-state index in [0.29, 0.717) is 0 Å². The van der Waals surface area contributed by atoms with Gasteiger partial charge >= 0.3 is 5.97 Å². The van der Waals surface area contributed by atoms with Crippen LogP contribution in [0.2, 0.25) is 0 Å². The van der Waals surface area contributed by atoms with Gasteiger partial charge in [0.1, 0.15) is 12.4 Å². The minimum Gasteiger partial charge on any atom is -0.442 e. The quantitative estimate of drug-likeness (QED) is 0.336. The molecule has 32 heavy (non-hydrogen) atoms. The van der Waals surface area contributed by atoms with Gasteiger partial charge in [-0.1, -0.05) is 0 Å². The summed E-state index contributed by atoms with van der Waals surface area (Å²) in [4.78, 5) is 73.4. The zero-order chi connectivity index (χ0) is 24.2. The molecule has 0 radical (unpaired) electrons. The third-order valence-corrected chi connectivity index (χ3v) is 5.53. The van der Waals surface area contributed by atoms with Gasteiger partial charge in [-0.25, -0.2) is 4.98 Å². The number of anilines is 1. The van der Waals surface area contributed by atoms with E-state index in [1.54, 1.807) is 0 Å². The Hall–Kier alpha value is -3.49. The highest BCUT2D eigenvalue weighted by Crippen LogP contribution is 2.54. The van der Waals surface area contributed by atoms with Crippen LogP contribution in [0.25, 0.3) is 11.2 Å². The third-order valence-electron chi connectivity index (χ3n) is 5.53. The van der Waals surface area contributed by atoms with E-state index in [1.165, 1.54) is 0 Å². The molecule has 1 fully saturated rings. The lowest BCUT2D eigenvalue weighted by molar-refractivity contribution is -0.221. The Bertz CT molecular complexity index is 1220. The van der Waals surface area contributed by atoms with E-state index >= 15 is 0 Å². The van der Waals surface area contributed by atoms with Crippen LogP contribution in [0.3, 0.4) is 0 Å². The molecule has 172 valence electrons. The number of rotatable bonds is 6. The van der Waals surface area contributed by atoms with E-state index in [1.807, 2.05) is 0 Å². The number of H-pyrrole nitrogens is 1. The first-order valence-corrected chi connectivity index (χ1v) is 9.28. The topological polar surface area (TPSA) is 217 Å². The van der Waals surface area contributed by atoms with Gasteiger partial charge in [0.2, 0.25) is 11.5 Å². The van der Waals surface area contributed by atoms with Gasteiger partial charge in [-0.05, 0) is 20.8 Å². The molecule has 0 aromatic carbocycles. The van der Waals surface area contributed by atoms with Crippen LogP contribution in [-0.2, 0) is 34.4 Å². The monoisotopic (exact) mass is 451 g/mol. The lowest BCUT2D eigenvalue weighted by Gasteiger charge is -2.45. The Morgan fingerprint density at radius 2 is 1.84 bits per heavy atom. The van der Waals surface area contributed by atoms with Gasteiger partial charge in [0.25, 0.3) is 16.9 Å². The summed E-state index contributed by atoms with van der Waals surface area (Å²) in [7, 11) is 0. The molecule has 3 rings (SSSR count). The van der Waals surface area contributed by atoms with Crippen molar-refractivity contribution in [3.8, 4) is 0 Å². The number of hydrogen-bond donors (Lipinski definition) is 4. The molecule has 1 saturated heterocycles. The lowest BCUT2D eigenvalue weighted by Crippen LogP contribution is -2.74. The standard InChI is InChI=1S/C18H21N5O9/c1-7(25)16(30)11(5-24)32-18(9(3)27,17(16,8(2)26)31-10(4)28)23-6-20-12-13(23)21-15(19)22-14(12)29/h6,11,24,30H,5H2,1-4H3,(H3,19,21,22,29)/t11-,16-,17-,18-/m1/s1. The Kier molecular flexibility index (Phi) is 5.28. The van der Waals surface area contributed by atoms with Crippen molar-refractivity contribution < 1.29 is 38.9 Å². The molecule has 5 N–H and O–H groups in total. The fourth-order valence-electron chi connectivity index (χ4n) is 4.33. The number of aliphatic hydroxyl groups excluding tert-OH is 1. The van der Waals surface area contributed by atoms with Crippen molar-refractivity contribution in [1.29, 1.82) is 0 Å². The van der Waals surface area contributed by atoms with Crippen LogP contribution in [0.4, 0.5) is 5.95 Å². The largest absolute Gasteiger partial charge is 0.442 e. The molecular weight excluding hydrogens is 430 g/mol. The number of aromatic nitrogens is 4. The van der Waals surface area contributed by atoms with Crippen LogP contribution >= 0.6 is 0 Å². The summed E-state index contributed by atoms with van der Waals surface area (Å²) < 4.78 is 11.8. The number of hydrogen-bond acceptors (Lipinski definition) is 12. The van der Waals surface area contributed by atoms with Crippen LogP contribution in [0, 0.1) is 0 Å².